The van der Waals surface area contributed by atoms with Crippen molar-refractivity contribution in [3.63, 3.8) is 0 Å². The predicted molar refractivity (Wildman–Crippen MR) is 74.7 cm³/mol. The van der Waals surface area contributed by atoms with Gasteiger partial charge < -0.3 is 15.8 Å². The Morgan fingerprint density at radius 1 is 1.57 bits per heavy atom. The number of nitriles is 1. The topological polar surface area (TPSA) is 119 Å². The van der Waals surface area contributed by atoms with Crippen molar-refractivity contribution in [1.82, 2.24) is 15.0 Å². The first kappa shape index (κ1) is 14.5. The van der Waals surface area contributed by atoms with Gasteiger partial charge in [-0.05, 0) is 12.1 Å². The Morgan fingerprint density at radius 2 is 2.38 bits per heavy atom. The third kappa shape index (κ3) is 3.34. The number of amides is 1. The number of anilines is 1. The molecule has 0 radical (unpaired) electrons. The zero-order valence-corrected chi connectivity index (χ0v) is 11.4. The number of aromatic nitrogens is 3. The lowest BCUT2D eigenvalue weighted by Gasteiger charge is -2.09. The molecule has 0 atom stereocenters. The van der Waals surface area contributed by atoms with Crippen LogP contribution in [0.4, 0.5) is 5.69 Å². The SMILES string of the molecule is COc1cc(C#N)ccc1NC(=O)c1cn(CCN)nn1. The average molecular weight is 286 g/mol. The van der Waals surface area contributed by atoms with Crippen LogP contribution >= 0.6 is 0 Å². The number of benzene rings is 1. The molecule has 8 heteroatoms. The van der Waals surface area contributed by atoms with E-state index in [4.69, 9.17) is 15.7 Å². The number of nitrogens with one attached hydrogen (secondary N) is 1. The van der Waals surface area contributed by atoms with E-state index in [-0.39, 0.29) is 5.69 Å². The van der Waals surface area contributed by atoms with Crippen LogP contribution in [0.25, 0.3) is 0 Å². The zero-order valence-electron chi connectivity index (χ0n) is 11.4. The van der Waals surface area contributed by atoms with Crippen LogP contribution in [-0.4, -0.2) is 34.6 Å². The maximum Gasteiger partial charge on any atom is 0.277 e. The van der Waals surface area contributed by atoms with Crippen LogP contribution in [-0.2, 0) is 6.54 Å². The van der Waals surface area contributed by atoms with Crippen LogP contribution in [0.15, 0.2) is 24.4 Å². The Kier molecular flexibility index (Phi) is 4.48. The molecule has 0 bridgehead atoms. The Balaban J connectivity index is 2.17. The number of methoxy groups -OCH3 is 1. The minimum atomic E-state index is -0.415. The first-order valence-corrected chi connectivity index (χ1v) is 6.17. The van der Waals surface area contributed by atoms with Gasteiger partial charge in [0.1, 0.15) is 5.75 Å². The molecule has 1 aromatic carbocycles. The molecule has 108 valence electrons. The lowest BCUT2D eigenvalue weighted by atomic mass is 10.2. The standard InChI is InChI=1S/C13H14N6O2/c1-21-12-6-9(7-15)2-3-10(12)16-13(20)11-8-19(5-4-14)18-17-11/h2-3,6,8H,4-5,14H2,1H3,(H,16,20). The molecule has 1 aromatic heterocycles. The van der Waals surface area contributed by atoms with Crippen molar-refractivity contribution in [2.24, 2.45) is 5.73 Å². The summed E-state index contributed by atoms with van der Waals surface area (Å²) < 4.78 is 6.64. The average Bonchev–Trinajstić information content (AvgIpc) is 2.96. The smallest absolute Gasteiger partial charge is 0.277 e. The molecule has 1 amide bonds. The highest BCUT2D eigenvalue weighted by atomic mass is 16.5. The van der Waals surface area contributed by atoms with E-state index in [1.54, 1.807) is 18.2 Å². The molecular formula is C13H14N6O2. The lowest BCUT2D eigenvalue weighted by Crippen LogP contribution is -2.13. The van der Waals surface area contributed by atoms with Crippen molar-refractivity contribution in [3.8, 4) is 11.8 Å². The Bertz CT molecular complexity index is 688. The van der Waals surface area contributed by atoms with Crippen molar-refractivity contribution < 1.29 is 9.53 Å². The summed E-state index contributed by atoms with van der Waals surface area (Å²) in [4.78, 5) is 12.1. The van der Waals surface area contributed by atoms with Gasteiger partial charge in [0.15, 0.2) is 5.69 Å². The van der Waals surface area contributed by atoms with E-state index in [2.05, 4.69) is 15.6 Å². The number of hydrogen-bond donors (Lipinski definition) is 2. The highest BCUT2D eigenvalue weighted by Crippen LogP contribution is 2.25. The third-order valence-corrected chi connectivity index (χ3v) is 2.71. The summed E-state index contributed by atoms with van der Waals surface area (Å²) in [6, 6.07) is 6.73. The Hall–Kier alpha value is -2.92. The molecule has 2 aromatic rings. The molecule has 0 saturated carbocycles. The first-order chi connectivity index (χ1) is 10.2. The second-order valence-electron chi connectivity index (χ2n) is 4.14. The van der Waals surface area contributed by atoms with E-state index >= 15 is 0 Å². The van der Waals surface area contributed by atoms with Gasteiger partial charge >= 0.3 is 0 Å². The molecule has 0 aliphatic rings. The van der Waals surface area contributed by atoms with Gasteiger partial charge in [0.05, 0.1) is 37.2 Å². The van der Waals surface area contributed by atoms with E-state index < -0.39 is 5.91 Å². The Morgan fingerprint density at radius 3 is 3.05 bits per heavy atom. The fourth-order valence-electron chi connectivity index (χ4n) is 1.69. The van der Waals surface area contributed by atoms with Crippen molar-refractivity contribution in [1.29, 1.82) is 5.26 Å². The number of nitrogens with two attached hydrogens (primary N) is 1. The number of rotatable bonds is 5. The number of carbonyl (C=O) groups excluding carboxylic acids is 1. The minimum Gasteiger partial charge on any atom is -0.495 e. The van der Waals surface area contributed by atoms with Gasteiger partial charge in [0.25, 0.3) is 5.91 Å². The van der Waals surface area contributed by atoms with Crippen LogP contribution in [0.5, 0.6) is 5.75 Å². The summed E-state index contributed by atoms with van der Waals surface area (Å²) in [5, 5.41) is 19.1. The maximum atomic E-state index is 12.1. The van der Waals surface area contributed by atoms with Gasteiger partial charge in [-0.3, -0.25) is 9.48 Å². The highest BCUT2D eigenvalue weighted by molar-refractivity contribution is 6.03. The highest BCUT2D eigenvalue weighted by Gasteiger charge is 2.13. The fourth-order valence-corrected chi connectivity index (χ4v) is 1.69. The summed E-state index contributed by atoms with van der Waals surface area (Å²) in [6.07, 6.45) is 1.51. The molecule has 3 N–H and O–H groups in total. The molecule has 0 spiro atoms. The van der Waals surface area contributed by atoms with Crippen LogP contribution in [0, 0.1) is 11.3 Å². The fraction of sp³-hybridized carbons (Fsp3) is 0.231. The molecule has 0 aliphatic heterocycles. The van der Waals surface area contributed by atoms with Crippen molar-refractivity contribution in [3.05, 3.63) is 35.7 Å². The molecule has 21 heavy (non-hydrogen) atoms. The second-order valence-corrected chi connectivity index (χ2v) is 4.14. The van der Waals surface area contributed by atoms with Gasteiger partial charge in [0.2, 0.25) is 0 Å². The van der Waals surface area contributed by atoms with Crippen LogP contribution in [0.3, 0.4) is 0 Å². The van der Waals surface area contributed by atoms with Gasteiger partial charge in [-0.15, -0.1) is 5.10 Å². The van der Waals surface area contributed by atoms with E-state index in [0.29, 0.717) is 30.1 Å². The molecule has 0 aliphatic carbocycles. The predicted octanol–water partition coefficient (Wildman–Crippen LogP) is 0.369. The summed E-state index contributed by atoms with van der Waals surface area (Å²) in [5.74, 6) is -0.0157. The van der Waals surface area contributed by atoms with Gasteiger partial charge in [-0.25, -0.2) is 0 Å². The molecule has 2 rings (SSSR count). The van der Waals surface area contributed by atoms with E-state index in [0.717, 1.165) is 0 Å². The van der Waals surface area contributed by atoms with Crippen LogP contribution in [0.2, 0.25) is 0 Å². The summed E-state index contributed by atoms with van der Waals surface area (Å²) in [7, 11) is 1.46. The maximum absolute atomic E-state index is 12.1. The second kappa shape index (κ2) is 6.49. The number of hydrogen-bond acceptors (Lipinski definition) is 6. The third-order valence-electron chi connectivity index (χ3n) is 2.71. The van der Waals surface area contributed by atoms with E-state index in [9.17, 15) is 4.79 Å². The summed E-state index contributed by atoms with van der Waals surface area (Å²) >= 11 is 0. The number of nitrogens with zero attached hydrogens (tertiary/aromatic N) is 4. The number of carbonyl (C=O) groups is 1. The normalized spacial score (nSPS) is 9.95. The van der Waals surface area contributed by atoms with Crippen molar-refractivity contribution in [2.45, 2.75) is 6.54 Å². The Labute approximate surface area is 121 Å². The van der Waals surface area contributed by atoms with Gasteiger partial charge in [0, 0.05) is 12.6 Å². The zero-order chi connectivity index (χ0) is 15.2. The summed E-state index contributed by atoms with van der Waals surface area (Å²) in [6.45, 7) is 0.897. The van der Waals surface area contributed by atoms with Crippen molar-refractivity contribution in [2.75, 3.05) is 19.0 Å². The molecule has 8 nitrogen and oxygen atoms in total. The molecule has 0 saturated heterocycles. The van der Waals surface area contributed by atoms with Crippen molar-refractivity contribution >= 4 is 11.6 Å². The van der Waals surface area contributed by atoms with E-state index in [1.165, 1.54) is 18.0 Å². The molecular weight excluding hydrogens is 272 g/mol. The largest absolute Gasteiger partial charge is 0.495 e. The van der Waals surface area contributed by atoms with Crippen LogP contribution in [0.1, 0.15) is 16.1 Å². The minimum absolute atomic E-state index is 0.176. The number of ether oxygens (including phenoxy) is 1. The van der Waals surface area contributed by atoms with Gasteiger partial charge in [-0.1, -0.05) is 5.21 Å². The quantitative estimate of drug-likeness (QED) is 0.819. The molecule has 0 fully saturated rings. The van der Waals surface area contributed by atoms with E-state index in [1.807, 2.05) is 6.07 Å². The summed E-state index contributed by atoms with van der Waals surface area (Å²) in [5.41, 5.74) is 6.48. The first-order valence-electron chi connectivity index (χ1n) is 6.17. The monoisotopic (exact) mass is 286 g/mol. The van der Waals surface area contributed by atoms with Gasteiger partial charge in [-0.2, -0.15) is 5.26 Å². The van der Waals surface area contributed by atoms with Crippen LogP contribution < -0.4 is 15.8 Å². The molecule has 1 heterocycles. The molecule has 0 unspecified atom stereocenters. The lowest BCUT2D eigenvalue weighted by molar-refractivity contribution is 0.102.